The van der Waals surface area contributed by atoms with Crippen molar-refractivity contribution in [2.45, 2.75) is 229 Å². The Labute approximate surface area is 871 Å². The molecule has 55 heteroatoms. The van der Waals surface area contributed by atoms with Crippen molar-refractivity contribution in [2.75, 3.05) is 206 Å². The lowest BCUT2D eigenvalue weighted by atomic mass is 10.2. The molecular formula is C86H162Cl2N22O19S4Si8. The number of thioether (sulfide) groups is 4. The van der Waals surface area contributed by atoms with Gasteiger partial charge in [0.05, 0.1) is 159 Å². The van der Waals surface area contributed by atoms with Crippen molar-refractivity contribution in [1.82, 2.24) is 51.2 Å². The van der Waals surface area contributed by atoms with Gasteiger partial charge in [0, 0.05) is 180 Å². The Kier molecular flexibility index (Phi) is 80.5. The number of benzene rings is 1. The van der Waals surface area contributed by atoms with Crippen molar-refractivity contribution >= 4 is 158 Å². The Morgan fingerprint density at radius 2 is 0.518 bits per heavy atom. The van der Waals surface area contributed by atoms with E-state index in [-0.39, 0.29) is 23.6 Å². The van der Waals surface area contributed by atoms with E-state index in [0.717, 1.165) is 129 Å². The summed E-state index contributed by atoms with van der Waals surface area (Å²) in [5.74, 6) is 0.117. The van der Waals surface area contributed by atoms with Gasteiger partial charge in [0.15, 0.2) is 80.1 Å². The number of amides is 4. The van der Waals surface area contributed by atoms with E-state index in [9.17, 15) is 19.2 Å². The average molecular weight is 2230 g/mol. The molecule has 800 valence electrons. The van der Waals surface area contributed by atoms with Crippen molar-refractivity contribution in [2.24, 2.45) is 20.5 Å². The van der Waals surface area contributed by atoms with Crippen LogP contribution in [0, 0.1) is 0 Å². The first-order valence-electron chi connectivity index (χ1n) is 47.3. The van der Waals surface area contributed by atoms with Gasteiger partial charge in [-0.3, -0.25) is 19.2 Å². The zero-order valence-corrected chi connectivity index (χ0v) is 99.9. The molecule has 4 aromatic rings. The molecule has 3 aromatic heterocycles. The van der Waals surface area contributed by atoms with Crippen LogP contribution in [0.3, 0.4) is 0 Å². The van der Waals surface area contributed by atoms with Gasteiger partial charge >= 0.3 is 0 Å². The number of nitrogens with zero attached hydrogens (tertiary/aromatic N) is 18. The molecule has 0 saturated heterocycles. The van der Waals surface area contributed by atoms with E-state index >= 15 is 0 Å². The van der Waals surface area contributed by atoms with Crippen LogP contribution in [0.1, 0.15) is 75.6 Å². The van der Waals surface area contributed by atoms with Crippen LogP contribution in [-0.2, 0) is 115 Å². The quantitative estimate of drug-likeness (QED) is 0.00466. The molecule has 141 heavy (non-hydrogen) atoms. The molecule has 0 saturated carbocycles. The van der Waals surface area contributed by atoms with Gasteiger partial charge in [-0.05, 0) is 168 Å². The van der Waals surface area contributed by atoms with Crippen molar-refractivity contribution < 1.29 is 88.4 Å². The fourth-order valence-corrected chi connectivity index (χ4v) is 47.2. The van der Waals surface area contributed by atoms with Crippen molar-refractivity contribution in [1.29, 1.82) is 0 Å². The second kappa shape index (κ2) is 83.6. The van der Waals surface area contributed by atoms with Crippen LogP contribution in [0.2, 0.25) is 129 Å². The van der Waals surface area contributed by atoms with E-state index in [1.54, 1.807) is 93.2 Å². The fraction of sp³-hybridized carbons (Fsp3) is 0.744. The minimum absolute atomic E-state index is 0.0153. The molecule has 4 N–H and O–H groups in total. The minimum Gasteiger partial charge on any atom is -0.455 e. The third-order valence-electron chi connectivity index (χ3n) is 17.8. The fourth-order valence-electron chi connectivity index (χ4n) is 11.8. The molecule has 0 bridgehead atoms. The Bertz CT molecular complexity index is 4010. The predicted octanol–water partition coefficient (Wildman–Crippen LogP) is 18.3. The molecule has 3 heterocycles. The Hall–Kier alpha value is -5.30. The van der Waals surface area contributed by atoms with E-state index in [4.69, 9.17) is 113 Å². The topological polar surface area (TPSA) is 527 Å². The molecule has 0 aliphatic heterocycles. The highest BCUT2D eigenvalue weighted by atomic mass is 35.6. The van der Waals surface area contributed by atoms with Crippen molar-refractivity contribution in [3.8, 4) is 0 Å². The summed E-state index contributed by atoms with van der Waals surface area (Å²) in [6, 6.07) is 12.6. The summed E-state index contributed by atoms with van der Waals surface area (Å²) >= 11 is 19.1. The highest BCUT2D eigenvalue weighted by molar-refractivity contribution is 8.01. The first-order chi connectivity index (χ1) is 66.8. The lowest BCUT2D eigenvalue weighted by Gasteiger charge is -2.34. The van der Waals surface area contributed by atoms with Gasteiger partial charge in [0.25, 0.3) is 0 Å². The van der Waals surface area contributed by atoms with Crippen molar-refractivity contribution in [3.05, 3.63) is 125 Å². The summed E-state index contributed by atoms with van der Waals surface area (Å²) in [5.41, 5.74) is 36.5. The summed E-state index contributed by atoms with van der Waals surface area (Å²) in [5, 5.41) is 30.6. The number of hydrogen-bond acceptors (Lipinski definition) is 33. The summed E-state index contributed by atoms with van der Waals surface area (Å²) < 4.78 is 85.1. The normalized spacial score (nSPS) is 11.7. The van der Waals surface area contributed by atoms with Gasteiger partial charge in [-0.2, -0.15) is 22.2 Å². The second-order valence-corrected chi connectivity index (χ2v) is 82.4. The van der Waals surface area contributed by atoms with E-state index < -0.39 is 64.7 Å². The molecule has 0 aliphatic carbocycles. The molecule has 0 atom stereocenters. The third kappa shape index (κ3) is 91.8. The SMILES string of the molecule is CC(=O)NCCC[Si](C)(C)Cl.CC(=O)NCCC[Si](C)(C)O[Si](C)(C)CCCNC(C)=O.CC(=O)NCCC[Si](C)(C)O[Si](C)(C)CSc1ncc(COCCOCCOCCN=[N+]=[N-])cn1.C[Si](C)(CSc1ncc(COCCOCCOCCN=[N+]=[N-])cn1)O[Si](C)(C)CSc1ncc(COCCOCCOCCN=[N+]=[N-])cn1.C[Si](C)(Cl)CSc1ccc(COCCOCCOCCN=[N+]=[N-])cc1. The predicted molar refractivity (Wildman–Crippen MR) is 584 cm³/mol. The van der Waals surface area contributed by atoms with E-state index in [1.807, 2.05) is 11.8 Å². The summed E-state index contributed by atoms with van der Waals surface area (Å²) in [7, 11) is -13.9. The standard InChI is InChI=1S/C28H48N10O7S2Si2.C21H40N6O5SSi2.C16H26ClN3O3SSi.C14H32N2O3Si2.C7H16ClNOSi/c1-48(2,23-46-27-31-17-25(18-32-27)21-43-15-13-41-11-9-39-7-5-35-37-29)45-49(3,4)24-47-28-33-19-26(20-34-28)22-44-16-14-42-12-10-40-8-6-36-38-30;1-19(28)23-7-6-14-34(2,3)32-35(4,5)18-33-21-24-15-20(16-25-21)17-31-13-12-30-11-10-29-9-8-26-27-22;1-25(2,17)14-24-16-5-3-15(4-6-16)13-23-12-11-22-10-9-21-8-7-19-20-18;1-13(17)15-9-7-11-20(3,4)19-21(5,6)12-8-10-16-14(2)18;1-7(10)9-5-4-6-11(2,3)8/h17-20H,5-16,21-24H2,1-4H3;15-16H,6-14,17-18H2,1-5H3,(H,23,28);3-6H,7-14H2,1-2H3;7-12H2,1-6H3,(H,15,17)(H,16,18);4-6H2,1-3H3,(H,9,10). The number of carbonyl (C=O) groups is 4. The monoisotopic (exact) mass is 2230 g/mol. The molecule has 0 unspecified atom stereocenters. The van der Waals surface area contributed by atoms with E-state index in [2.05, 4.69) is 220 Å². The van der Waals surface area contributed by atoms with Crippen LogP contribution in [0.4, 0.5) is 0 Å². The number of carbonyl (C=O) groups excluding carboxylic acids is 4. The Balaban J connectivity index is 0.00000187. The van der Waals surface area contributed by atoms with Crippen LogP contribution in [0.25, 0.3) is 41.8 Å². The molecular weight excluding hydrogens is 2070 g/mol. The first kappa shape index (κ1) is 136. The number of rotatable bonds is 78. The van der Waals surface area contributed by atoms with Crippen LogP contribution in [0.5, 0.6) is 0 Å². The lowest BCUT2D eigenvalue weighted by Crippen LogP contribution is -2.48. The van der Waals surface area contributed by atoms with Gasteiger partial charge < -0.3 is 90.5 Å². The Morgan fingerprint density at radius 3 is 0.752 bits per heavy atom. The first-order valence-corrected chi connectivity index (χ1v) is 78.4. The molecule has 4 amide bonds. The number of hydrogen-bond donors (Lipinski definition) is 4. The maximum Gasteiger partial charge on any atom is 0.216 e. The number of aromatic nitrogens is 6. The minimum atomic E-state index is -1.99. The number of nitrogens with one attached hydrogen (secondary N) is 4. The van der Waals surface area contributed by atoms with Gasteiger partial charge in [0.1, 0.15) is 0 Å². The van der Waals surface area contributed by atoms with Crippen LogP contribution in [0.15, 0.2) is 102 Å². The van der Waals surface area contributed by atoms with Gasteiger partial charge in [-0.15, -0.1) is 11.8 Å². The lowest BCUT2D eigenvalue weighted by molar-refractivity contribution is -0.119. The maximum absolute atomic E-state index is 11.0. The summed E-state index contributed by atoms with van der Waals surface area (Å²) in [4.78, 5) is 81.9. The van der Waals surface area contributed by atoms with Gasteiger partial charge in [0.2, 0.25) is 23.6 Å². The van der Waals surface area contributed by atoms with Crippen LogP contribution < -0.4 is 21.3 Å². The maximum atomic E-state index is 11.0. The van der Waals surface area contributed by atoms with Crippen molar-refractivity contribution in [3.63, 3.8) is 0 Å². The molecule has 4 rings (SSSR count). The van der Waals surface area contributed by atoms with E-state index in [1.165, 1.54) is 11.8 Å². The number of azide groups is 4. The Morgan fingerprint density at radius 1 is 0.298 bits per heavy atom. The third-order valence-corrected chi connectivity index (χ3v) is 54.2. The molecule has 0 spiro atoms. The van der Waals surface area contributed by atoms with Gasteiger partial charge in [-0.25, -0.2) is 29.9 Å². The smallest absolute Gasteiger partial charge is 0.216 e. The summed E-state index contributed by atoms with van der Waals surface area (Å²) in [6.45, 7) is 56.8. The largest absolute Gasteiger partial charge is 0.455 e. The number of halogens is 2. The molecule has 0 aliphatic rings. The zero-order chi connectivity index (χ0) is 105. The van der Waals surface area contributed by atoms with Crippen LogP contribution >= 0.6 is 69.2 Å². The van der Waals surface area contributed by atoms with Gasteiger partial charge in [-0.1, -0.05) is 94.1 Å². The summed E-state index contributed by atoms with van der Waals surface area (Å²) in [6.07, 6.45) is 14.7. The average Bonchev–Trinajstić information content (AvgIpc) is 0.876. The zero-order valence-electron chi connectivity index (χ0n) is 87.1. The second-order valence-electron chi connectivity index (χ2n) is 36.5. The molecule has 41 nitrogen and oxygen atoms in total. The highest BCUT2D eigenvalue weighted by Crippen LogP contribution is 2.30. The van der Waals surface area contributed by atoms with Crippen LogP contribution in [-0.4, -0.2) is 324 Å². The number of ether oxygens (including phenoxy) is 12. The highest BCUT2D eigenvalue weighted by Gasteiger charge is 2.36. The molecule has 0 radical (unpaired) electrons. The van der Waals surface area contributed by atoms with E-state index in [0.29, 0.717) is 191 Å². The molecule has 1 aromatic carbocycles. The molecule has 0 fully saturated rings.